The van der Waals surface area contributed by atoms with Crippen molar-refractivity contribution in [2.24, 2.45) is 0 Å². The van der Waals surface area contributed by atoms with Crippen molar-refractivity contribution >= 4 is 11.7 Å². The molecule has 0 amide bonds. The first-order valence-corrected chi connectivity index (χ1v) is 4.58. The van der Waals surface area contributed by atoms with E-state index in [1.54, 1.807) is 23.1 Å². The van der Waals surface area contributed by atoms with Crippen LogP contribution in [-0.4, -0.2) is 25.2 Å². The molecular formula is C9H11N5O. The van der Waals surface area contributed by atoms with E-state index in [4.69, 9.17) is 5.73 Å². The molecule has 0 aliphatic heterocycles. The first-order valence-electron chi connectivity index (χ1n) is 4.58. The van der Waals surface area contributed by atoms with Gasteiger partial charge in [0.2, 0.25) is 0 Å². The number of hydrogen-bond donors (Lipinski definition) is 1. The summed E-state index contributed by atoms with van der Waals surface area (Å²) in [7, 11) is 0. The highest BCUT2D eigenvalue weighted by molar-refractivity contribution is 5.94. The van der Waals surface area contributed by atoms with Gasteiger partial charge in [0.15, 0.2) is 0 Å². The Kier molecular flexibility index (Phi) is 2.24. The number of nitrogens with two attached hydrogens (primary N) is 1. The third-order valence-electron chi connectivity index (χ3n) is 2.06. The van der Waals surface area contributed by atoms with E-state index in [1.807, 2.05) is 6.92 Å². The fourth-order valence-electron chi connectivity index (χ4n) is 1.36. The molecule has 0 saturated carbocycles. The van der Waals surface area contributed by atoms with Crippen LogP contribution in [0.3, 0.4) is 0 Å². The van der Waals surface area contributed by atoms with E-state index >= 15 is 0 Å². The number of hydrogen-bond acceptors (Lipinski definition) is 4. The molecule has 2 aromatic heterocycles. The highest BCUT2D eigenvalue weighted by atomic mass is 16.2. The Bertz CT molecular complexity index is 471. The molecule has 0 bridgehead atoms. The Hall–Kier alpha value is -2.11. The molecule has 15 heavy (non-hydrogen) atoms. The smallest absolute Gasteiger partial charge is 0.281 e. The maximum atomic E-state index is 11.9. The number of imidazole rings is 1. The van der Waals surface area contributed by atoms with Crippen LogP contribution in [0.4, 0.5) is 5.82 Å². The van der Waals surface area contributed by atoms with E-state index in [1.165, 1.54) is 10.9 Å². The lowest BCUT2D eigenvalue weighted by Crippen LogP contribution is -2.15. The summed E-state index contributed by atoms with van der Waals surface area (Å²) in [6, 6.07) is 1.56. The van der Waals surface area contributed by atoms with Crippen molar-refractivity contribution in [1.82, 2.24) is 19.3 Å². The molecule has 0 spiro atoms. The minimum absolute atomic E-state index is 0.182. The van der Waals surface area contributed by atoms with E-state index in [0.717, 1.165) is 0 Å². The number of aromatic nitrogens is 4. The molecule has 6 nitrogen and oxygen atoms in total. The topological polar surface area (TPSA) is 78.7 Å². The standard InChI is InChI=1S/C9H11N5O/c1-2-14-7(5-8(10)12-14)9(15)13-4-3-11-6-13/h3-6H,2H2,1H3,(H2,10,12). The molecule has 2 rings (SSSR count). The summed E-state index contributed by atoms with van der Waals surface area (Å²) in [6.07, 6.45) is 4.59. The normalized spacial score (nSPS) is 10.5. The second-order valence-corrected chi connectivity index (χ2v) is 3.05. The second kappa shape index (κ2) is 3.56. The lowest BCUT2D eigenvalue weighted by atomic mass is 10.4. The molecule has 0 atom stereocenters. The van der Waals surface area contributed by atoms with Gasteiger partial charge in [-0.2, -0.15) is 5.10 Å². The van der Waals surface area contributed by atoms with Crippen molar-refractivity contribution in [2.75, 3.05) is 5.73 Å². The SMILES string of the molecule is CCn1nc(N)cc1C(=O)n1ccnc1. The Morgan fingerprint density at radius 2 is 2.40 bits per heavy atom. The molecule has 0 aromatic carbocycles. The Balaban J connectivity index is 2.41. The van der Waals surface area contributed by atoms with E-state index < -0.39 is 0 Å². The first kappa shape index (κ1) is 9.45. The number of aryl methyl sites for hydroxylation is 1. The van der Waals surface area contributed by atoms with Gasteiger partial charge in [0.25, 0.3) is 5.91 Å². The van der Waals surface area contributed by atoms with Gasteiger partial charge in [0.05, 0.1) is 0 Å². The van der Waals surface area contributed by atoms with Crippen molar-refractivity contribution < 1.29 is 4.79 Å². The van der Waals surface area contributed by atoms with Crippen LogP contribution in [-0.2, 0) is 6.54 Å². The molecule has 0 aliphatic carbocycles. The Morgan fingerprint density at radius 1 is 1.60 bits per heavy atom. The largest absolute Gasteiger partial charge is 0.382 e. The maximum absolute atomic E-state index is 11.9. The number of rotatable bonds is 2. The molecule has 0 radical (unpaired) electrons. The molecule has 78 valence electrons. The van der Waals surface area contributed by atoms with Gasteiger partial charge in [-0.1, -0.05) is 0 Å². The molecule has 2 N–H and O–H groups in total. The van der Waals surface area contributed by atoms with Gasteiger partial charge in [0, 0.05) is 25.0 Å². The molecular weight excluding hydrogens is 194 g/mol. The fraction of sp³-hybridized carbons (Fsp3) is 0.222. The lowest BCUT2D eigenvalue weighted by molar-refractivity contribution is 0.0949. The molecule has 0 aliphatic rings. The highest BCUT2D eigenvalue weighted by Crippen LogP contribution is 2.08. The molecule has 0 fully saturated rings. The zero-order valence-corrected chi connectivity index (χ0v) is 8.29. The number of carbonyl (C=O) groups is 1. The monoisotopic (exact) mass is 205 g/mol. The second-order valence-electron chi connectivity index (χ2n) is 3.05. The molecule has 6 heteroatoms. The van der Waals surface area contributed by atoms with Crippen LogP contribution in [0.1, 0.15) is 17.4 Å². The van der Waals surface area contributed by atoms with E-state index in [2.05, 4.69) is 10.1 Å². The summed E-state index contributed by atoms with van der Waals surface area (Å²) in [5, 5.41) is 4.00. The molecule has 0 saturated heterocycles. The summed E-state index contributed by atoms with van der Waals surface area (Å²) in [5.74, 6) is 0.166. The van der Waals surface area contributed by atoms with Gasteiger partial charge in [-0.05, 0) is 6.92 Å². The Labute approximate surface area is 86.3 Å². The molecule has 2 aromatic rings. The maximum Gasteiger partial charge on any atom is 0.281 e. The third-order valence-corrected chi connectivity index (χ3v) is 2.06. The number of nitrogen functional groups attached to an aromatic ring is 1. The van der Waals surface area contributed by atoms with Crippen molar-refractivity contribution in [3.8, 4) is 0 Å². The average Bonchev–Trinajstić information content (AvgIpc) is 2.84. The summed E-state index contributed by atoms with van der Waals surface area (Å²) >= 11 is 0. The van der Waals surface area contributed by atoms with Crippen LogP contribution in [0.2, 0.25) is 0 Å². The predicted molar refractivity (Wildman–Crippen MR) is 54.3 cm³/mol. The van der Waals surface area contributed by atoms with Crippen LogP contribution < -0.4 is 5.73 Å². The van der Waals surface area contributed by atoms with Gasteiger partial charge < -0.3 is 5.73 Å². The zero-order chi connectivity index (χ0) is 10.8. The van der Waals surface area contributed by atoms with Gasteiger partial charge in [-0.3, -0.25) is 14.0 Å². The zero-order valence-electron chi connectivity index (χ0n) is 8.29. The van der Waals surface area contributed by atoms with E-state index in [9.17, 15) is 4.79 Å². The summed E-state index contributed by atoms with van der Waals surface area (Å²) in [6.45, 7) is 2.50. The number of carbonyl (C=O) groups excluding carboxylic acids is 1. The molecule has 2 heterocycles. The van der Waals surface area contributed by atoms with Crippen LogP contribution in [0.25, 0.3) is 0 Å². The first-order chi connectivity index (χ1) is 7.22. The van der Waals surface area contributed by atoms with Crippen LogP contribution in [0.15, 0.2) is 24.8 Å². The fourth-order valence-corrected chi connectivity index (χ4v) is 1.36. The van der Waals surface area contributed by atoms with Gasteiger partial charge in [-0.25, -0.2) is 4.98 Å². The van der Waals surface area contributed by atoms with Crippen LogP contribution in [0, 0.1) is 0 Å². The van der Waals surface area contributed by atoms with Crippen molar-refractivity contribution in [3.63, 3.8) is 0 Å². The average molecular weight is 205 g/mol. The number of anilines is 1. The lowest BCUT2D eigenvalue weighted by Gasteiger charge is -2.02. The van der Waals surface area contributed by atoms with E-state index in [0.29, 0.717) is 18.1 Å². The third kappa shape index (κ3) is 1.61. The van der Waals surface area contributed by atoms with Crippen molar-refractivity contribution in [3.05, 3.63) is 30.5 Å². The van der Waals surface area contributed by atoms with Crippen LogP contribution >= 0.6 is 0 Å². The minimum Gasteiger partial charge on any atom is -0.382 e. The molecule has 0 unspecified atom stereocenters. The Morgan fingerprint density at radius 3 is 3.00 bits per heavy atom. The van der Waals surface area contributed by atoms with Crippen molar-refractivity contribution in [2.45, 2.75) is 13.5 Å². The number of nitrogens with zero attached hydrogens (tertiary/aromatic N) is 4. The van der Waals surface area contributed by atoms with Gasteiger partial charge in [-0.15, -0.1) is 0 Å². The predicted octanol–water partition coefficient (Wildman–Crippen LogP) is 0.370. The van der Waals surface area contributed by atoms with Gasteiger partial charge in [0.1, 0.15) is 17.8 Å². The van der Waals surface area contributed by atoms with Crippen LogP contribution in [0.5, 0.6) is 0 Å². The quantitative estimate of drug-likeness (QED) is 0.768. The van der Waals surface area contributed by atoms with E-state index in [-0.39, 0.29) is 5.91 Å². The minimum atomic E-state index is -0.182. The van der Waals surface area contributed by atoms with Gasteiger partial charge >= 0.3 is 0 Å². The summed E-state index contributed by atoms with van der Waals surface area (Å²) in [5.41, 5.74) is 6.00. The summed E-state index contributed by atoms with van der Waals surface area (Å²) < 4.78 is 2.96. The van der Waals surface area contributed by atoms with Crippen molar-refractivity contribution in [1.29, 1.82) is 0 Å². The summed E-state index contributed by atoms with van der Waals surface area (Å²) in [4.78, 5) is 15.7. The highest BCUT2D eigenvalue weighted by Gasteiger charge is 2.14.